The SMILES string of the molecule is C=CC(C)(C)c1c(OC)cc(O)c2ccc(=O)oc12. The van der Waals surface area contributed by atoms with Crippen molar-refractivity contribution in [3.8, 4) is 11.5 Å². The van der Waals surface area contributed by atoms with Gasteiger partial charge in [0.25, 0.3) is 0 Å². The Balaban J connectivity index is 3.00. The monoisotopic (exact) mass is 260 g/mol. The van der Waals surface area contributed by atoms with Gasteiger partial charge >= 0.3 is 5.63 Å². The molecule has 0 aliphatic heterocycles. The minimum atomic E-state index is -0.471. The molecule has 0 fully saturated rings. The summed E-state index contributed by atoms with van der Waals surface area (Å²) < 4.78 is 10.6. The zero-order chi connectivity index (χ0) is 14.2. The van der Waals surface area contributed by atoms with Crippen LogP contribution in [0.2, 0.25) is 0 Å². The standard InChI is InChI=1S/C15H16O4/c1-5-15(2,3)13-11(18-4)8-10(16)9-6-7-12(17)19-14(9)13/h5-8,16H,1H2,2-4H3. The highest BCUT2D eigenvalue weighted by molar-refractivity contribution is 5.89. The number of hydrogen-bond acceptors (Lipinski definition) is 4. The average Bonchev–Trinajstić information content (AvgIpc) is 2.37. The van der Waals surface area contributed by atoms with Gasteiger partial charge in [-0.2, -0.15) is 0 Å². The molecular formula is C15H16O4. The maximum absolute atomic E-state index is 11.4. The molecule has 1 aromatic carbocycles. The quantitative estimate of drug-likeness (QED) is 0.680. The predicted molar refractivity (Wildman–Crippen MR) is 73.9 cm³/mol. The van der Waals surface area contributed by atoms with Gasteiger partial charge in [-0.1, -0.05) is 19.9 Å². The molecule has 1 aromatic heterocycles. The van der Waals surface area contributed by atoms with E-state index in [0.29, 0.717) is 22.3 Å². The minimum Gasteiger partial charge on any atom is -0.507 e. The molecule has 2 rings (SSSR count). The average molecular weight is 260 g/mol. The fourth-order valence-electron chi connectivity index (χ4n) is 2.06. The van der Waals surface area contributed by atoms with Gasteiger partial charge in [-0.15, -0.1) is 6.58 Å². The molecule has 100 valence electrons. The van der Waals surface area contributed by atoms with Crippen LogP contribution in [0, 0.1) is 0 Å². The van der Waals surface area contributed by atoms with E-state index in [0.717, 1.165) is 0 Å². The van der Waals surface area contributed by atoms with Crippen LogP contribution >= 0.6 is 0 Å². The molecular weight excluding hydrogens is 244 g/mol. The Hall–Kier alpha value is -2.23. The van der Waals surface area contributed by atoms with E-state index in [1.165, 1.54) is 19.2 Å². The van der Waals surface area contributed by atoms with Crippen LogP contribution in [-0.4, -0.2) is 12.2 Å². The molecule has 0 radical (unpaired) electrons. The highest BCUT2D eigenvalue weighted by Crippen LogP contribution is 2.41. The molecule has 4 nitrogen and oxygen atoms in total. The number of hydrogen-bond donors (Lipinski definition) is 1. The van der Waals surface area contributed by atoms with Gasteiger partial charge in [0.15, 0.2) is 0 Å². The number of phenolic OH excluding ortho intramolecular Hbond substituents is 1. The van der Waals surface area contributed by atoms with Crippen molar-refractivity contribution in [2.45, 2.75) is 19.3 Å². The van der Waals surface area contributed by atoms with Gasteiger partial charge in [-0.3, -0.25) is 0 Å². The molecule has 0 saturated heterocycles. The fraction of sp³-hybridized carbons (Fsp3) is 0.267. The van der Waals surface area contributed by atoms with Gasteiger partial charge in [-0.25, -0.2) is 4.79 Å². The predicted octanol–water partition coefficient (Wildman–Crippen LogP) is 2.97. The van der Waals surface area contributed by atoms with E-state index < -0.39 is 11.0 Å². The van der Waals surface area contributed by atoms with E-state index in [1.54, 1.807) is 12.1 Å². The minimum absolute atomic E-state index is 0.0132. The van der Waals surface area contributed by atoms with Crippen LogP contribution in [0.5, 0.6) is 11.5 Å². The molecule has 0 bridgehead atoms. The summed E-state index contributed by atoms with van der Waals surface area (Å²) in [6, 6.07) is 4.33. The van der Waals surface area contributed by atoms with Gasteiger partial charge in [0.05, 0.1) is 12.5 Å². The van der Waals surface area contributed by atoms with E-state index in [2.05, 4.69) is 6.58 Å². The summed E-state index contributed by atoms with van der Waals surface area (Å²) in [5.41, 5.74) is 0.0835. The van der Waals surface area contributed by atoms with Gasteiger partial charge in [0.2, 0.25) is 0 Å². The Labute approximate surface area is 110 Å². The van der Waals surface area contributed by atoms with E-state index in [-0.39, 0.29) is 5.75 Å². The van der Waals surface area contributed by atoms with Gasteiger partial charge in [0.1, 0.15) is 17.1 Å². The Morgan fingerprint density at radius 3 is 2.68 bits per heavy atom. The van der Waals surface area contributed by atoms with Crippen molar-refractivity contribution < 1.29 is 14.3 Å². The molecule has 4 heteroatoms. The van der Waals surface area contributed by atoms with E-state index in [1.807, 2.05) is 13.8 Å². The molecule has 0 atom stereocenters. The number of methoxy groups -OCH3 is 1. The lowest BCUT2D eigenvalue weighted by atomic mass is 9.83. The molecule has 1 N–H and O–H groups in total. The van der Waals surface area contributed by atoms with Crippen LogP contribution in [0.25, 0.3) is 11.0 Å². The van der Waals surface area contributed by atoms with Crippen molar-refractivity contribution in [2.24, 2.45) is 0 Å². The summed E-state index contributed by atoms with van der Waals surface area (Å²) in [7, 11) is 1.50. The van der Waals surface area contributed by atoms with Crippen LogP contribution in [-0.2, 0) is 5.41 Å². The first-order chi connectivity index (χ1) is 8.90. The summed E-state index contributed by atoms with van der Waals surface area (Å²) >= 11 is 0. The maximum atomic E-state index is 11.4. The third-order valence-electron chi connectivity index (χ3n) is 3.23. The molecule has 0 saturated carbocycles. The van der Waals surface area contributed by atoms with Crippen LogP contribution in [0.1, 0.15) is 19.4 Å². The number of ether oxygens (including phenoxy) is 1. The highest BCUT2D eigenvalue weighted by atomic mass is 16.5. The normalized spacial score (nSPS) is 11.5. The number of fused-ring (bicyclic) bond motifs is 1. The smallest absolute Gasteiger partial charge is 0.336 e. The summed E-state index contributed by atoms with van der Waals surface area (Å²) in [5.74, 6) is 0.475. The molecule has 0 unspecified atom stereocenters. The second kappa shape index (κ2) is 4.46. The van der Waals surface area contributed by atoms with Gasteiger partial charge in [0, 0.05) is 23.1 Å². The molecule has 0 spiro atoms. The van der Waals surface area contributed by atoms with Gasteiger partial charge in [-0.05, 0) is 6.07 Å². The van der Waals surface area contributed by atoms with Gasteiger partial charge < -0.3 is 14.3 Å². The summed E-state index contributed by atoms with van der Waals surface area (Å²) in [4.78, 5) is 11.4. The number of allylic oxidation sites excluding steroid dienone is 1. The summed E-state index contributed by atoms with van der Waals surface area (Å²) in [6.07, 6.45) is 1.74. The van der Waals surface area contributed by atoms with Crippen molar-refractivity contribution in [2.75, 3.05) is 7.11 Å². The Morgan fingerprint density at radius 2 is 2.11 bits per heavy atom. The van der Waals surface area contributed by atoms with Crippen molar-refractivity contribution >= 4 is 11.0 Å². The maximum Gasteiger partial charge on any atom is 0.336 e. The lowest BCUT2D eigenvalue weighted by molar-refractivity contribution is 0.394. The molecule has 0 aliphatic carbocycles. The second-order valence-electron chi connectivity index (χ2n) is 4.90. The number of phenols is 1. The van der Waals surface area contributed by atoms with E-state index in [9.17, 15) is 9.90 Å². The number of rotatable bonds is 3. The number of benzene rings is 1. The van der Waals surface area contributed by atoms with Crippen LogP contribution in [0.4, 0.5) is 0 Å². The molecule has 2 aromatic rings. The number of aromatic hydroxyl groups is 1. The first-order valence-electron chi connectivity index (χ1n) is 5.88. The van der Waals surface area contributed by atoms with Crippen LogP contribution in [0.3, 0.4) is 0 Å². The second-order valence-corrected chi connectivity index (χ2v) is 4.90. The van der Waals surface area contributed by atoms with Crippen LogP contribution in [0.15, 0.2) is 40.1 Å². The molecule has 1 heterocycles. The first kappa shape index (κ1) is 13.2. The van der Waals surface area contributed by atoms with Crippen molar-refractivity contribution in [3.63, 3.8) is 0 Å². The lowest BCUT2D eigenvalue weighted by Gasteiger charge is -2.24. The van der Waals surface area contributed by atoms with Crippen molar-refractivity contribution in [1.82, 2.24) is 0 Å². The lowest BCUT2D eigenvalue weighted by Crippen LogP contribution is -2.16. The van der Waals surface area contributed by atoms with Crippen molar-refractivity contribution in [3.05, 3.63) is 46.8 Å². The third kappa shape index (κ3) is 2.10. The summed E-state index contributed by atoms with van der Waals surface area (Å²) in [5, 5.41) is 10.4. The Morgan fingerprint density at radius 1 is 1.42 bits per heavy atom. The third-order valence-corrected chi connectivity index (χ3v) is 3.23. The molecule has 0 amide bonds. The van der Waals surface area contributed by atoms with E-state index in [4.69, 9.17) is 9.15 Å². The zero-order valence-electron chi connectivity index (χ0n) is 11.2. The largest absolute Gasteiger partial charge is 0.507 e. The zero-order valence-corrected chi connectivity index (χ0v) is 11.2. The molecule has 0 aliphatic rings. The topological polar surface area (TPSA) is 59.7 Å². The molecule has 19 heavy (non-hydrogen) atoms. The summed E-state index contributed by atoms with van der Waals surface area (Å²) in [6.45, 7) is 7.66. The first-order valence-corrected chi connectivity index (χ1v) is 5.88. The van der Waals surface area contributed by atoms with Crippen molar-refractivity contribution in [1.29, 1.82) is 0 Å². The highest BCUT2D eigenvalue weighted by Gasteiger charge is 2.27. The van der Waals surface area contributed by atoms with E-state index >= 15 is 0 Å². The Kier molecular flexibility index (Phi) is 3.10. The fourth-order valence-corrected chi connectivity index (χ4v) is 2.06. The van der Waals surface area contributed by atoms with Crippen LogP contribution < -0.4 is 10.4 Å². The Bertz CT molecular complexity index is 695.